The van der Waals surface area contributed by atoms with Crippen LogP contribution < -0.4 is 15.0 Å². The van der Waals surface area contributed by atoms with Gasteiger partial charge in [-0.15, -0.1) is 10.2 Å². The lowest BCUT2D eigenvalue weighted by Crippen LogP contribution is -2.38. The van der Waals surface area contributed by atoms with Crippen molar-refractivity contribution in [1.29, 1.82) is 0 Å². The lowest BCUT2D eigenvalue weighted by molar-refractivity contribution is -0.120. The van der Waals surface area contributed by atoms with Crippen LogP contribution in [0.15, 0.2) is 70.6 Å². The number of rotatable bonds is 6. The number of anilines is 2. The van der Waals surface area contributed by atoms with Gasteiger partial charge in [-0.2, -0.15) is 0 Å². The molecular weight excluding hydrogens is 440 g/mol. The Kier molecular flexibility index (Phi) is 6.60. The SMILES string of the molecule is COc1cccc(NC(=O)C2CCN(c3ccc(S(=O)(=O)c4ccc(C)cc4)nn3)CC2)c1. The normalized spacial score (nSPS) is 14.7. The second-order valence-electron chi connectivity index (χ2n) is 8.03. The van der Waals surface area contributed by atoms with Gasteiger partial charge in [0.05, 0.1) is 12.0 Å². The van der Waals surface area contributed by atoms with Crippen LogP contribution in [-0.2, 0) is 14.6 Å². The lowest BCUT2D eigenvalue weighted by atomic mass is 9.96. The van der Waals surface area contributed by atoms with Crippen LogP contribution in [-0.4, -0.2) is 44.7 Å². The van der Waals surface area contributed by atoms with Gasteiger partial charge in [0, 0.05) is 30.8 Å². The van der Waals surface area contributed by atoms with Crippen LogP contribution in [0.25, 0.3) is 0 Å². The maximum atomic E-state index is 12.8. The summed E-state index contributed by atoms with van der Waals surface area (Å²) in [6.07, 6.45) is 1.34. The highest BCUT2D eigenvalue weighted by Gasteiger charge is 2.27. The van der Waals surface area contributed by atoms with Crippen molar-refractivity contribution in [3.05, 3.63) is 66.2 Å². The summed E-state index contributed by atoms with van der Waals surface area (Å²) in [6, 6.07) is 17.1. The molecule has 9 heteroatoms. The minimum Gasteiger partial charge on any atom is -0.497 e. The van der Waals surface area contributed by atoms with E-state index in [0.717, 1.165) is 5.56 Å². The van der Waals surface area contributed by atoms with Crippen molar-refractivity contribution in [3.8, 4) is 5.75 Å². The van der Waals surface area contributed by atoms with E-state index in [9.17, 15) is 13.2 Å². The molecule has 1 aromatic heterocycles. The van der Waals surface area contributed by atoms with E-state index in [1.165, 1.54) is 6.07 Å². The molecule has 8 nitrogen and oxygen atoms in total. The van der Waals surface area contributed by atoms with Crippen molar-refractivity contribution in [2.24, 2.45) is 5.92 Å². The van der Waals surface area contributed by atoms with Gasteiger partial charge in [-0.3, -0.25) is 4.79 Å². The van der Waals surface area contributed by atoms with Crippen LogP contribution in [0, 0.1) is 12.8 Å². The number of amides is 1. The molecule has 3 aromatic rings. The number of aromatic nitrogens is 2. The van der Waals surface area contributed by atoms with Crippen LogP contribution in [0.5, 0.6) is 5.75 Å². The number of piperidine rings is 1. The molecule has 1 N–H and O–H groups in total. The maximum Gasteiger partial charge on any atom is 0.227 e. The number of carbonyl (C=O) groups is 1. The van der Waals surface area contributed by atoms with E-state index < -0.39 is 9.84 Å². The molecule has 1 aliphatic heterocycles. The Balaban J connectivity index is 1.37. The molecule has 1 amide bonds. The van der Waals surface area contributed by atoms with Crippen LogP contribution >= 0.6 is 0 Å². The quantitative estimate of drug-likeness (QED) is 0.593. The summed E-state index contributed by atoms with van der Waals surface area (Å²) in [5.74, 6) is 1.16. The van der Waals surface area contributed by atoms with E-state index in [2.05, 4.69) is 15.5 Å². The van der Waals surface area contributed by atoms with Crippen molar-refractivity contribution in [2.75, 3.05) is 30.4 Å². The van der Waals surface area contributed by atoms with Gasteiger partial charge >= 0.3 is 0 Å². The molecule has 2 heterocycles. The largest absolute Gasteiger partial charge is 0.497 e. The van der Waals surface area contributed by atoms with Crippen molar-refractivity contribution in [2.45, 2.75) is 29.7 Å². The number of aryl methyl sites for hydroxylation is 1. The molecule has 0 spiro atoms. The number of methoxy groups -OCH3 is 1. The molecule has 1 aliphatic rings. The lowest BCUT2D eigenvalue weighted by Gasteiger charge is -2.31. The Morgan fingerprint density at radius 3 is 2.39 bits per heavy atom. The number of benzene rings is 2. The summed E-state index contributed by atoms with van der Waals surface area (Å²) in [7, 11) is -2.12. The number of nitrogens with zero attached hydrogens (tertiary/aromatic N) is 3. The molecular formula is C24H26N4O4S. The predicted octanol–water partition coefficient (Wildman–Crippen LogP) is 3.48. The monoisotopic (exact) mass is 466 g/mol. The maximum absolute atomic E-state index is 12.8. The fourth-order valence-corrected chi connectivity index (χ4v) is 4.91. The Bertz CT molecular complexity index is 1220. The van der Waals surface area contributed by atoms with Crippen molar-refractivity contribution < 1.29 is 17.9 Å². The van der Waals surface area contributed by atoms with Crippen LogP contribution in [0.1, 0.15) is 18.4 Å². The molecule has 172 valence electrons. The van der Waals surface area contributed by atoms with Crippen LogP contribution in [0.4, 0.5) is 11.5 Å². The van der Waals surface area contributed by atoms with Gasteiger partial charge in [0.15, 0.2) is 10.8 Å². The summed E-state index contributed by atoms with van der Waals surface area (Å²) in [4.78, 5) is 14.9. The van der Waals surface area contributed by atoms with E-state index in [-0.39, 0.29) is 21.7 Å². The molecule has 0 aliphatic carbocycles. The van der Waals surface area contributed by atoms with Crippen molar-refractivity contribution >= 4 is 27.2 Å². The third-order valence-electron chi connectivity index (χ3n) is 5.76. The van der Waals surface area contributed by atoms with Crippen LogP contribution in [0.3, 0.4) is 0 Å². The Hall–Kier alpha value is -3.46. The highest BCUT2D eigenvalue weighted by atomic mass is 32.2. The zero-order chi connectivity index (χ0) is 23.4. The standard InChI is InChI=1S/C24H26N4O4S/c1-17-6-8-21(9-7-17)33(30,31)23-11-10-22(26-27-23)28-14-12-18(13-15-28)24(29)25-19-4-3-5-20(16-19)32-2/h3-11,16,18H,12-15H2,1-2H3,(H,25,29). The molecule has 2 aromatic carbocycles. The van der Waals surface area contributed by atoms with E-state index in [0.29, 0.717) is 43.2 Å². The second-order valence-corrected chi connectivity index (χ2v) is 9.93. The molecule has 4 rings (SSSR count). The van der Waals surface area contributed by atoms with E-state index in [4.69, 9.17) is 4.74 Å². The van der Waals surface area contributed by atoms with Gasteiger partial charge in [-0.25, -0.2) is 8.42 Å². The van der Waals surface area contributed by atoms with Gasteiger partial charge in [0.2, 0.25) is 15.7 Å². The molecule has 0 bridgehead atoms. The average molecular weight is 467 g/mol. The van der Waals surface area contributed by atoms with E-state index in [1.807, 2.05) is 30.0 Å². The number of carbonyl (C=O) groups excluding carboxylic acids is 1. The first-order valence-electron chi connectivity index (χ1n) is 10.7. The average Bonchev–Trinajstić information content (AvgIpc) is 2.84. The minimum absolute atomic E-state index is 0.0199. The zero-order valence-corrected chi connectivity index (χ0v) is 19.4. The fourth-order valence-electron chi connectivity index (χ4n) is 3.78. The van der Waals surface area contributed by atoms with Gasteiger partial charge < -0.3 is 15.0 Å². The molecule has 33 heavy (non-hydrogen) atoms. The summed E-state index contributed by atoms with van der Waals surface area (Å²) >= 11 is 0. The Morgan fingerprint density at radius 2 is 1.76 bits per heavy atom. The first-order chi connectivity index (χ1) is 15.9. The predicted molar refractivity (Wildman–Crippen MR) is 125 cm³/mol. The number of hydrogen-bond acceptors (Lipinski definition) is 7. The second kappa shape index (κ2) is 9.58. The summed E-state index contributed by atoms with van der Waals surface area (Å²) in [6.45, 7) is 3.17. The fraction of sp³-hybridized carbons (Fsp3) is 0.292. The Morgan fingerprint density at radius 1 is 1.03 bits per heavy atom. The van der Waals surface area contributed by atoms with Gasteiger partial charge in [0.25, 0.3) is 0 Å². The van der Waals surface area contributed by atoms with Gasteiger partial charge in [-0.1, -0.05) is 23.8 Å². The van der Waals surface area contributed by atoms with Gasteiger partial charge in [-0.05, 0) is 56.2 Å². The summed E-state index contributed by atoms with van der Waals surface area (Å²) < 4.78 is 30.7. The number of hydrogen-bond donors (Lipinski definition) is 1. The molecule has 0 unspecified atom stereocenters. The molecule has 0 radical (unpaired) electrons. The third-order valence-corrected chi connectivity index (χ3v) is 7.42. The molecule has 0 saturated carbocycles. The van der Waals surface area contributed by atoms with Crippen LogP contribution in [0.2, 0.25) is 0 Å². The first kappa shape index (κ1) is 22.7. The molecule has 1 saturated heterocycles. The molecule has 0 atom stereocenters. The number of ether oxygens (including phenoxy) is 1. The third kappa shape index (κ3) is 5.14. The van der Waals surface area contributed by atoms with Crippen molar-refractivity contribution in [3.63, 3.8) is 0 Å². The topological polar surface area (TPSA) is 101 Å². The highest BCUT2D eigenvalue weighted by molar-refractivity contribution is 7.91. The molecule has 1 fully saturated rings. The van der Waals surface area contributed by atoms with Crippen molar-refractivity contribution in [1.82, 2.24) is 10.2 Å². The minimum atomic E-state index is -3.71. The smallest absolute Gasteiger partial charge is 0.227 e. The van der Waals surface area contributed by atoms with E-state index in [1.54, 1.807) is 43.5 Å². The summed E-state index contributed by atoms with van der Waals surface area (Å²) in [5, 5.41) is 11.0. The first-order valence-corrected chi connectivity index (χ1v) is 12.2. The number of nitrogens with one attached hydrogen (secondary N) is 1. The highest BCUT2D eigenvalue weighted by Crippen LogP contribution is 2.25. The van der Waals surface area contributed by atoms with E-state index >= 15 is 0 Å². The zero-order valence-electron chi connectivity index (χ0n) is 18.6. The number of sulfone groups is 1. The Labute approximate surface area is 193 Å². The van der Waals surface area contributed by atoms with Gasteiger partial charge in [0.1, 0.15) is 5.75 Å². The summed E-state index contributed by atoms with van der Waals surface area (Å²) in [5.41, 5.74) is 1.69.